The van der Waals surface area contributed by atoms with Gasteiger partial charge in [-0.3, -0.25) is 9.79 Å². The van der Waals surface area contributed by atoms with E-state index >= 15 is 0 Å². The summed E-state index contributed by atoms with van der Waals surface area (Å²) in [4.78, 5) is 20.5. The summed E-state index contributed by atoms with van der Waals surface area (Å²) in [6, 6.07) is 0.519. The third-order valence-corrected chi connectivity index (χ3v) is 3.82. The van der Waals surface area contributed by atoms with E-state index in [0.717, 1.165) is 32.1 Å². The molecular formula is C15H29N5O. The second kappa shape index (κ2) is 6.64. The van der Waals surface area contributed by atoms with Gasteiger partial charge in [-0.25, -0.2) is 0 Å². The molecule has 1 aliphatic carbocycles. The van der Waals surface area contributed by atoms with Crippen LogP contribution in [0.15, 0.2) is 4.99 Å². The summed E-state index contributed by atoms with van der Waals surface area (Å²) in [6.45, 7) is 10.3. The zero-order valence-electron chi connectivity index (χ0n) is 13.8. The van der Waals surface area contributed by atoms with Gasteiger partial charge in [0.25, 0.3) is 0 Å². The van der Waals surface area contributed by atoms with Gasteiger partial charge in [-0.1, -0.05) is 0 Å². The second-order valence-electron chi connectivity index (χ2n) is 6.89. The van der Waals surface area contributed by atoms with E-state index in [-0.39, 0.29) is 11.4 Å². The summed E-state index contributed by atoms with van der Waals surface area (Å²) in [5.74, 6) is 1.06. The first-order valence-corrected chi connectivity index (χ1v) is 7.91. The number of amides is 1. The van der Waals surface area contributed by atoms with Crippen molar-refractivity contribution in [1.82, 2.24) is 20.4 Å². The molecule has 0 atom stereocenters. The van der Waals surface area contributed by atoms with Gasteiger partial charge < -0.3 is 20.4 Å². The second-order valence-corrected chi connectivity index (χ2v) is 6.89. The van der Waals surface area contributed by atoms with E-state index in [9.17, 15) is 4.79 Å². The maximum atomic E-state index is 12.2. The molecule has 1 aliphatic heterocycles. The Kier molecular flexibility index (Phi) is 5.08. The molecule has 0 spiro atoms. The molecule has 1 saturated heterocycles. The fourth-order valence-electron chi connectivity index (χ4n) is 2.58. The Balaban J connectivity index is 1.75. The first kappa shape index (κ1) is 16.1. The third kappa shape index (κ3) is 4.88. The Morgan fingerprint density at radius 2 is 2.00 bits per heavy atom. The predicted molar refractivity (Wildman–Crippen MR) is 85.4 cm³/mol. The van der Waals surface area contributed by atoms with Crippen LogP contribution in [-0.2, 0) is 4.79 Å². The standard InChI is InChI=1S/C15H29N5O/c1-15(2,3)18-8-7-17-14(16-4)19-9-10-20(12-5-6-12)13(21)11-19/h12,18H,5-11H2,1-4H3,(H,16,17). The molecule has 6 heteroatoms. The van der Waals surface area contributed by atoms with Crippen molar-refractivity contribution >= 4 is 11.9 Å². The predicted octanol–water partition coefficient (Wildman–Crippen LogP) is 0.257. The molecule has 0 bridgehead atoms. The summed E-state index contributed by atoms with van der Waals surface area (Å²) in [5, 5.41) is 6.77. The van der Waals surface area contributed by atoms with E-state index < -0.39 is 0 Å². The highest BCUT2D eigenvalue weighted by atomic mass is 16.2. The van der Waals surface area contributed by atoms with Crippen LogP contribution in [-0.4, -0.2) is 73.0 Å². The number of nitrogens with one attached hydrogen (secondary N) is 2. The fourth-order valence-corrected chi connectivity index (χ4v) is 2.58. The van der Waals surface area contributed by atoms with Gasteiger partial charge in [-0.15, -0.1) is 0 Å². The van der Waals surface area contributed by atoms with Crippen LogP contribution in [0.4, 0.5) is 0 Å². The zero-order chi connectivity index (χ0) is 15.5. The van der Waals surface area contributed by atoms with Crippen LogP contribution in [0.2, 0.25) is 0 Å². The number of piperazine rings is 1. The van der Waals surface area contributed by atoms with Crippen molar-refractivity contribution in [1.29, 1.82) is 0 Å². The zero-order valence-corrected chi connectivity index (χ0v) is 13.8. The van der Waals surface area contributed by atoms with Crippen LogP contribution in [0, 0.1) is 0 Å². The van der Waals surface area contributed by atoms with Crippen molar-refractivity contribution in [2.45, 2.75) is 45.2 Å². The van der Waals surface area contributed by atoms with Crippen molar-refractivity contribution in [3.8, 4) is 0 Å². The van der Waals surface area contributed by atoms with E-state index in [2.05, 4.69) is 41.3 Å². The Morgan fingerprint density at radius 3 is 2.52 bits per heavy atom. The molecule has 0 aromatic rings. The molecule has 120 valence electrons. The molecule has 2 rings (SSSR count). The van der Waals surface area contributed by atoms with Crippen molar-refractivity contribution in [2.75, 3.05) is 39.8 Å². The van der Waals surface area contributed by atoms with Crippen molar-refractivity contribution in [3.05, 3.63) is 0 Å². The molecule has 2 N–H and O–H groups in total. The lowest BCUT2D eigenvalue weighted by Crippen LogP contribution is -2.56. The van der Waals surface area contributed by atoms with Gasteiger partial charge in [0.1, 0.15) is 0 Å². The minimum atomic E-state index is 0.122. The highest BCUT2D eigenvalue weighted by Gasteiger charge is 2.36. The largest absolute Gasteiger partial charge is 0.355 e. The van der Waals surface area contributed by atoms with E-state index in [1.165, 1.54) is 12.8 Å². The molecule has 0 aromatic heterocycles. The van der Waals surface area contributed by atoms with Gasteiger partial charge in [0.15, 0.2) is 5.96 Å². The van der Waals surface area contributed by atoms with E-state index in [4.69, 9.17) is 0 Å². The fraction of sp³-hybridized carbons (Fsp3) is 0.867. The summed E-state index contributed by atoms with van der Waals surface area (Å²) in [6.07, 6.45) is 2.36. The number of carbonyl (C=O) groups is 1. The smallest absolute Gasteiger partial charge is 0.242 e. The molecule has 0 radical (unpaired) electrons. The highest BCUT2D eigenvalue weighted by Crippen LogP contribution is 2.27. The molecule has 2 fully saturated rings. The molecule has 2 aliphatic rings. The van der Waals surface area contributed by atoms with Crippen molar-refractivity contribution < 1.29 is 4.79 Å². The summed E-state index contributed by atoms with van der Waals surface area (Å²) < 4.78 is 0. The number of hydrogen-bond donors (Lipinski definition) is 2. The average molecular weight is 295 g/mol. The van der Waals surface area contributed by atoms with Crippen LogP contribution >= 0.6 is 0 Å². The Labute approximate surface area is 128 Å². The van der Waals surface area contributed by atoms with Gasteiger partial charge in [0.05, 0.1) is 6.54 Å². The van der Waals surface area contributed by atoms with Crippen molar-refractivity contribution in [2.24, 2.45) is 4.99 Å². The van der Waals surface area contributed by atoms with Crippen LogP contribution in [0.25, 0.3) is 0 Å². The maximum Gasteiger partial charge on any atom is 0.242 e. The number of aliphatic imine (C=N–C) groups is 1. The quantitative estimate of drug-likeness (QED) is 0.444. The van der Waals surface area contributed by atoms with E-state index in [0.29, 0.717) is 12.6 Å². The van der Waals surface area contributed by atoms with Crippen LogP contribution in [0.5, 0.6) is 0 Å². The number of hydrogen-bond acceptors (Lipinski definition) is 3. The van der Waals surface area contributed by atoms with Crippen LogP contribution < -0.4 is 10.6 Å². The van der Waals surface area contributed by atoms with Crippen molar-refractivity contribution in [3.63, 3.8) is 0 Å². The lowest BCUT2D eigenvalue weighted by molar-refractivity contribution is -0.135. The molecule has 1 heterocycles. The van der Waals surface area contributed by atoms with Crippen LogP contribution in [0.1, 0.15) is 33.6 Å². The Morgan fingerprint density at radius 1 is 1.29 bits per heavy atom. The van der Waals surface area contributed by atoms with E-state index in [1.807, 2.05) is 4.90 Å². The number of rotatable bonds is 4. The number of nitrogens with zero attached hydrogens (tertiary/aromatic N) is 3. The molecule has 21 heavy (non-hydrogen) atoms. The molecule has 6 nitrogen and oxygen atoms in total. The van der Waals surface area contributed by atoms with Gasteiger partial charge in [-0.2, -0.15) is 0 Å². The van der Waals surface area contributed by atoms with Crippen LogP contribution in [0.3, 0.4) is 0 Å². The summed E-state index contributed by atoms with van der Waals surface area (Å²) in [5.41, 5.74) is 0.122. The minimum absolute atomic E-state index is 0.122. The van der Waals surface area contributed by atoms with Gasteiger partial charge >= 0.3 is 0 Å². The van der Waals surface area contributed by atoms with Gasteiger partial charge in [0.2, 0.25) is 5.91 Å². The van der Waals surface area contributed by atoms with E-state index in [1.54, 1.807) is 7.05 Å². The Hall–Kier alpha value is -1.30. The SMILES string of the molecule is CN=C(NCCNC(C)(C)C)N1CCN(C2CC2)C(=O)C1. The summed E-state index contributed by atoms with van der Waals surface area (Å²) in [7, 11) is 1.78. The normalized spacial score (nSPS) is 21.0. The first-order valence-electron chi connectivity index (χ1n) is 7.91. The number of guanidine groups is 1. The molecule has 0 aromatic carbocycles. The van der Waals surface area contributed by atoms with Gasteiger partial charge in [0, 0.05) is 44.8 Å². The molecule has 1 saturated carbocycles. The summed E-state index contributed by atoms with van der Waals surface area (Å²) >= 11 is 0. The minimum Gasteiger partial charge on any atom is -0.355 e. The first-order chi connectivity index (χ1) is 9.90. The lowest BCUT2D eigenvalue weighted by Gasteiger charge is -2.36. The molecule has 0 unspecified atom stereocenters. The topological polar surface area (TPSA) is 60.0 Å². The number of carbonyl (C=O) groups excluding carboxylic acids is 1. The molecule has 1 amide bonds. The lowest BCUT2D eigenvalue weighted by atomic mass is 10.1. The molecular weight excluding hydrogens is 266 g/mol. The highest BCUT2D eigenvalue weighted by molar-refractivity contribution is 5.87. The monoisotopic (exact) mass is 295 g/mol. The van der Waals surface area contributed by atoms with Gasteiger partial charge in [-0.05, 0) is 33.6 Å². The average Bonchev–Trinajstić information content (AvgIpc) is 3.22. The maximum absolute atomic E-state index is 12.2. The Bertz CT molecular complexity index is 397. The third-order valence-electron chi connectivity index (χ3n) is 3.82.